The van der Waals surface area contributed by atoms with Gasteiger partial charge in [0.05, 0.1) is 12.7 Å². The predicted molar refractivity (Wildman–Crippen MR) is 103 cm³/mol. The standard InChI is InChI=1S/C20H17N3O3S/c1-13(24)21-15-8-6-14(7-9-15)17-12-16(19-5-3-11-27-19)22-23(17)20(25)18-4-2-10-26-18/h2-11,16,22H,12H2,1H3/p+1. The van der Waals surface area contributed by atoms with E-state index in [1.807, 2.05) is 35.7 Å². The summed E-state index contributed by atoms with van der Waals surface area (Å²) in [4.78, 5) is 25.3. The normalized spacial score (nSPS) is 16.3. The van der Waals surface area contributed by atoms with Gasteiger partial charge < -0.3 is 9.73 Å². The van der Waals surface area contributed by atoms with E-state index in [0.29, 0.717) is 6.42 Å². The van der Waals surface area contributed by atoms with Crippen LogP contribution in [0.25, 0.3) is 0 Å². The van der Waals surface area contributed by atoms with Crippen molar-refractivity contribution in [2.75, 3.05) is 5.32 Å². The van der Waals surface area contributed by atoms with Gasteiger partial charge in [0.25, 0.3) is 0 Å². The second-order valence-electron chi connectivity index (χ2n) is 6.22. The highest BCUT2D eigenvalue weighted by molar-refractivity contribution is 7.10. The molecule has 1 unspecified atom stereocenters. The van der Waals surface area contributed by atoms with Crippen LogP contribution in [0, 0.1) is 0 Å². The SMILES string of the molecule is CC(=O)Nc1ccc(C2=[N+](C(=O)c3ccco3)NC(c3cccs3)C2)cc1. The smallest absolute Gasteiger partial charge is 0.454 e. The molecule has 0 radical (unpaired) electrons. The zero-order chi connectivity index (χ0) is 18.8. The lowest BCUT2D eigenvalue weighted by atomic mass is 10.0. The van der Waals surface area contributed by atoms with Crippen LogP contribution in [-0.2, 0) is 4.79 Å². The van der Waals surface area contributed by atoms with Crippen LogP contribution in [0.15, 0.2) is 64.6 Å². The third-order valence-electron chi connectivity index (χ3n) is 4.31. The summed E-state index contributed by atoms with van der Waals surface area (Å²) in [5, 5.41) is 4.78. The Kier molecular flexibility index (Phi) is 4.60. The van der Waals surface area contributed by atoms with Crippen LogP contribution in [0.3, 0.4) is 0 Å². The van der Waals surface area contributed by atoms with Crippen molar-refractivity contribution in [1.29, 1.82) is 0 Å². The number of carbonyl (C=O) groups is 2. The van der Waals surface area contributed by atoms with Crippen molar-refractivity contribution < 1.29 is 18.7 Å². The van der Waals surface area contributed by atoms with Gasteiger partial charge in [-0.25, -0.2) is 4.79 Å². The molecule has 2 amide bonds. The van der Waals surface area contributed by atoms with Gasteiger partial charge in [0, 0.05) is 23.1 Å². The average molecular weight is 380 g/mol. The first-order valence-electron chi connectivity index (χ1n) is 8.53. The van der Waals surface area contributed by atoms with E-state index >= 15 is 0 Å². The zero-order valence-corrected chi connectivity index (χ0v) is 15.5. The van der Waals surface area contributed by atoms with Gasteiger partial charge in [-0.1, -0.05) is 6.07 Å². The molecule has 3 heterocycles. The maximum Gasteiger partial charge on any atom is 0.482 e. The Hall–Kier alpha value is -3.19. The fraction of sp³-hybridized carbons (Fsp3) is 0.150. The average Bonchev–Trinajstić information content (AvgIpc) is 3.41. The summed E-state index contributed by atoms with van der Waals surface area (Å²) in [6.45, 7) is 1.47. The quantitative estimate of drug-likeness (QED) is 0.679. The molecule has 0 saturated heterocycles. The summed E-state index contributed by atoms with van der Waals surface area (Å²) in [6.07, 6.45) is 2.16. The maximum absolute atomic E-state index is 12.9. The zero-order valence-electron chi connectivity index (χ0n) is 14.6. The molecule has 1 aliphatic heterocycles. The molecular formula is C20H18N3O3S+. The van der Waals surface area contributed by atoms with Gasteiger partial charge in [-0.05, 0) is 52.5 Å². The Balaban J connectivity index is 1.69. The third kappa shape index (κ3) is 3.54. The van der Waals surface area contributed by atoms with E-state index in [1.54, 1.807) is 28.2 Å². The number of nitrogens with zero attached hydrogens (tertiary/aromatic N) is 1. The number of hydrazine groups is 1. The first-order chi connectivity index (χ1) is 13.1. The van der Waals surface area contributed by atoms with Crippen molar-refractivity contribution in [2.24, 2.45) is 0 Å². The number of rotatable bonds is 4. The molecule has 0 bridgehead atoms. The van der Waals surface area contributed by atoms with E-state index in [2.05, 4.69) is 16.8 Å². The topological polar surface area (TPSA) is 74.3 Å². The van der Waals surface area contributed by atoms with Crippen molar-refractivity contribution >= 4 is 34.6 Å². The highest BCUT2D eigenvalue weighted by Crippen LogP contribution is 2.28. The molecule has 1 atom stereocenters. The summed E-state index contributed by atoms with van der Waals surface area (Å²) in [6, 6.07) is 14.9. The molecule has 27 heavy (non-hydrogen) atoms. The molecule has 136 valence electrons. The van der Waals surface area contributed by atoms with E-state index in [0.717, 1.165) is 21.8 Å². The van der Waals surface area contributed by atoms with Crippen molar-refractivity contribution in [1.82, 2.24) is 5.43 Å². The summed E-state index contributed by atoms with van der Waals surface area (Å²) in [7, 11) is 0. The highest BCUT2D eigenvalue weighted by Gasteiger charge is 2.39. The molecule has 1 aliphatic rings. The molecule has 4 rings (SSSR count). The van der Waals surface area contributed by atoms with E-state index in [-0.39, 0.29) is 23.6 Å². The molecule has 0 saturated carbocycles. The Morgan fingerprint density at radius 2 is 2.00 bits per heavy atom. The number of hydrazone groups is 1. The van der Waals surface area contributed by atoms with Crippen LogP contribution in [-0.4, -0.2) is 22.2 Å². The second kappa shape index (κ2) is 7.20. The van der Waals surface area contributed by atoms with Gasteiger partial charge in [0.15, 0.2) is 0 Å². The van der Waals surface area contributed by atoms with Gasteiger partial charge >= 0.3 is 5.91 Å². The van der Waals surface area contributed by atoms with Gasteiger partial charge in [0.1, 0.15) is 6.04 Å². The maximum atomic E-state index is 12.9. The summed E-state index contributed by atoms with van der Waals surface area (Å²) in [5.41, 5.74) is 5.80. The fourth-order valence-electron chi connectivity index (χ4n) is 3.11. The number of benzene rings is 1. The molecule has 0 spiro atoms. The Bertz CT molecular complexity index is 990. The summed E-state index contributed by atoms with van der Waals surface area (Å²) < 4.78 is 6.86. The van der Waals surface area contributed by atoms with Gasteiger partial charge in [-0.15, -0.1) is 11.3 Å². The minimum Gasteiger partial charge on any atom is -0.454 e. The monoisotopic (exact) mass is 380 g/mol. The largest absolute Gasteiger partial charge is 0.482 e. The molecule has 6 nitrogen and oxygen atoms in total. The van der Waals surface area contributed by atoms with Crippen LogP contribution >= 0.6 is 11.3 Å². The molecule has 2 aromatic heterocycles. The molecule has 2 N–H and O–H groups in total. The van der Waals surface area contributed by atoms with E-state index in [1.165, 1.54) is 13.2 Å². The van der Waals surface area contributed by atoms with Crippen LogP contribution in [0.2, 0.25) is 0 Å². The van der Waals surface area contributed by atoms with Crippen molar-refractivity contribution in [3.63, 3.8) is 0 Å². The molecule has 0 aliphatic carbocycles. The number of hydrogen-bond acceptors (Lipinski definition) is 5. The third-order valence-corrected chi connectivity index (χ3v) is 5.30. The van der Waals surface area contributed by atoms with Crippen molar-refractivity contribution in [3.05, 3.63) is 76.4 Å². The number of thiophene rings is 1. The summed E-state index contributed by atoms with van der Waals surface area (Å²) >= 11 is 1.65. The molecule has 3 aromatic rings. The molecule has 7 heteroatoms. The number of amides is 2. The van der Waals surface area contributed by atoms with E-state index in [4.69, 9.17) is 4.42 Å². The van der Waals surface area contributed by atoms with Crippen LogP contribution < -0.4 is 10.7 Å². The van der Waals surface area contributed by atoms with Gasteiger partial charge in [0.2, 0.25) is 17.4 Å². The lowest BCUT2D eigenvalue weighted by Gasteiger charge is -2.03. The Labute approximate surface area is 160 Å². The van der Waals surface area contributed by atoms with Gasteiger partial charge in [-0.2, -0.15) is 5.43 Å². The number of nitrogens with one attached hydrogen (secondary N) is 2. The van der Waals surface area contributed by atoms with Crippen LogP contribution in [0.1, 0.15) is 40.4 Å². The fourth-order valence-corrected chi connectivity index (χ4v) is 3.88. The number of hydrogen-bond donors (Lipinski definition) is 2. The Morgan fingerprint density at radius 3 is 2.63 bits per heavy atom. The van der Waals surface area contributed by atoms with Crippen LogP contribution in [0.4, 0.5) is 5.69 Å². The molecule has 1 aromatic carbocycles. The minimum atomic E-state index is -0.236. The number of anilines is 1. The van der Waals surface area contributed by atoms with Gasteiger partial charge in [-0.3, -0.25) is 4.79 Å². The number of furan rings is 1. The van der Waals surface area contributed by atoms with E-state index < -0.39 is 0 Å². The molecular weight excluding hydrogens is 362 g/mol. The minimum absolute atomic E-state index is 0.0222. The first-order valence-corrected chi connectivity index (χ1v) is 9.41. The lowest BCUT2D eigenvalue weighted by molar-refractivity contribution is -0.490. The lowest BCUT2D eigenvalue weighted by Crippen LogP contribution is -2.33. The molecule has 0 fully saturated rings. The van der Waals surface area contributed by atoms with Crippen molar-refractivity contribution in [2.45, 2.75) is 19.4 Å². The predicted octanol–water partition coefficient (Wildman–Crippen LogP) is 3.59. The first kappa shape index (κ1) is 17.2. The van der Waals surface area contributed by atoms with Crippen molar-refractivity contribution in [3.8, 4) is 0 Å². The number of carbonyl (C=O) groups excluding carboxylic acids is 2. The Morgan fingerprint density at radius 1 is 1.19 bits per heavy atom. The highest BCUT2D eigenvalue weighted by atomic mass is 32.1. The van der Waals surface area contributed by atoms with E-state index in [9.17, 15) is 9.59 Å². The van der Waals surface area contributed by atoms with Crippen LogP contribution in [0.5, 0.6) is 0 Å². The summed E-state index contributed by atoms with van der Waals surface area (Å²) in [5.74, 6) is -0.0768. The second-order valence-corrected chi connectivity index (χ2v) is 7.20.